The smallest absolute Gasteiger partial charge is 0.131 e. The summed E-state index contributed by atoms with van der Waals surface area (Å²) in [5, 5.41) is 13.3. The molecular formula is C20H21N7. The molecule has 0 atom stereocenters. The number of nitrogens with zero attached hydrogens (tertiary/aromatic N) is 7. The van der Waals surface area contributed by atoms with E-state index in [9.17, 15) is 0 Å². The van der Waals surface area contributed by atoms with Gasteiger partial charge in [-0.1, -0.05) is 0 Å². The van der Waals surface area contributed by atoms with Crippen LogP contribution >= 0.6 is 0 Å². The zero-order valence-corrected chi connectivity index (χ0v) is 15.7. The molecule has 0 saturated carbocycles. The first-order valence-electron chi connectivity index (χ1n) is 8.88. The molecule has 1 aliphatic rings. The molecule has 0 radical (unpaired) electrons. The van der Waals surface area contributed by atoms with E-state index >= 15 is 0 Å². The van der Waals surface area contributed by atoms with Crippen molar-refractivity contribution in [3.8, 4) is 6.07 Å². The molecule has 0 N–H and O–H groups in total. The fourth-order valence-corrected chi connectivity index (χ4v) is 3.57. The van der Waals surface area contributed by atoms with Crippen LogP contribution in [0.25, 0.3) is 0 Å². The highest BCUT2D eigenvalue weighted by atomic mass is 15.3. The molecule has 0 aliphatic carbocycles. The molecule has 1 aliphatic heterocycles. The Morgan fingerprint density at radius 3 is 2.78 bits per heavy atom. The highest BCUT2D eigenvalue weighted by Crippen LogP contribution is 2.29. The summed E-state index contributed by atoms with van der Waals surface area (Å²) in [4.78, 5) is 13.6. The maximum absolute atomic E-state index is 9.05. The largest absolute Gasteiger partial charge is 0.352 e. The number of pyridine rings is 2. The van der Waals surface area contributed by atoms with E-state index in [4.69, 9.17) is 10.2 Å². The van der Waals surface area contributed by atoms with Gasteiger partial charge in [0.25, 0.3) is 0 Å². The first-order chi connectivity index (χ1) is 13.1. The van der Waals surface area contributed by atoms with E-state index in [0.717, 1.165) is 48.1 Å². The van der Waals surface area contributed by atoms with Crippen molar-refractivity contribution in [3.05, 3.63) is 59.2 Å². The lowest BCUT2D eigenvalue weighted by Crippen LogP contribution is -2.32. The summed E-state index contributed by atoms with van der Waals surface area (Å²) in [6.45, 7) is 3.63. The van der Waals surface area contributed by atoms with Gasteiger partial charge in [-0.3, -0.25) is 9.67 Å². The lowest BCUT2D eigenvalue weighted by Gasteiger charge is -2.31. The third kappa shape index (κ3) is 3.10. The molecule has 4 rings (SSSR count). The van der Waals surface area contributed by atoms with Crippen LogP contribution < -0.4 is 9.80 Å². The van der Waals surface area contributed by atoms with Gasteiger partial charge in [0.15, 0.2) is 0 Å². The fraction of sp³-hybridized carbons (Fsp3) is 0.300. The summed E-state index contributed by atoms with van der Waals surface area (Å²) in [6.07, 6.45) is 6.24. The normalized spacial score (nSPS) is 13.2. The molecule has 0 amide bonds. The van der Waals surface area contributed by atoms with Crippen LogP contribution in [0.4, 0.5) is 17.3 Å². The highest BCUT2D eigenvalue weighted by Gasteiger charge is 2.21. The van der Waals surface area contributed by atoms with Gasteiger partial charge >= 0.3 is 0 Å². The van der Waals surface area contributed by atoms with Crippen molar-refractivity contribution in [1.82, 2.24) is 19.7 Å². The van der Waals surface area contributed by atoms with Crippen molar-refractivity contribution in [2.24, 2.45) is 7.05 Å². The van der Waals surface area contributed by atoms with Crippen LogP contribution in [0.3, 0.4) is 0 Å². The number of fused-ring (bicyclic) bond motifs is 1. The number of anilines is 3. The standard InChI is InChI=1S/C20H21N7/c1-14-8-15(10-21)11-23-20(14)27-7-5-18-16(13-27)9-17(12-22-18)25(2)19-4-6-24-26(19)3/h4,6,8-9,11-12H,5,7,13H2,1-3H3. The quantitative estimate of drug-likeness (QED) is 0.716. The van der Waals surface area contributed by atoms with Crippen LogP contribution in [0.2, 0.25) is 0 Å². The Labute approximate surface area is 158 Å². The van der Waals surface area contributed by atoms with Crippen LogP contribution in [0.1, 0.15) is 22.4 Å². The molecule has 0 bridgehead atoms. The zero-order chi connectivity index (χ0) is 19.0. The lowest BCUT2D eigenvalue weighted by atomic mass is 10.0. The van der Waals surface area contributed by atoms with Gasteiger partial charge in [-0.2, -0.15) is 10.4 Å². The third-order valence-electron chi connectivity index (χ3n) is 5.03. The second-order valence-corrected chi connectivity index (χ2v) is 6.82. The van der Waals surface area contributed by atoms with E-state index in [-0.39, 0.29) is 0 Å². The van der Waals surface area contributed by atoms with Gasteiger partial charge in [-0.15, -0.1) is 0 Å². The summed E-state index contributed by atoms with van der Waals surface area (Å²) in [7, 11) is 3.95. The lowest BCUT2D eigenvalue weighted by molar-refractivity contribution is 0.699. The molecule has 0 unspecified atom stereocenters. The van der Waals surface area contributed by atoms with Crippen LogP contribution in [-0.2, 0) is 20.0 Å². The second kappa shape index (κ2) is 6.72. The summed E-state index contributed by atoms with van der Waals surface area (Å²) < 4.78 is 1.84. The number of hydrogen-bond donors (Lipinski definition) is 0. The molecule has 0 fully saturated rings. The molecule has 3 aromatic rings. The van der Waals surface area contributed by atoms with Crippen molar-refractivity contribution >= 4 is 17.3 Å². The molecule has 0 saturated heterocycles. The maximum Gasteiger partial charge on any atom is 0.131 e. The van der Waals surface area contributed by atoms with Crippen molar-refractivity contribution in [3.63, 3.8) is 0 Å². The Hall–Kier alpha value is -3.40. The van der Waals surface area contributed by atoms with Gasteiger partial charge in [-0.25, -0.2) is 4.98 Å². The first kappa shape index (κ1) is 17.0. The number of hydrogen-bond acceptors (Lipinski definition) is 6. The fourth-order valence-electron chi connectivity index (χ4n) is 3.57. The molecule has 136 valence electrons. The van der Waals surface area contributed by atoms with E-state index < -0.39 is 0 Å². The van der Waals surface area contributed by atoms with Gasteiger partial charge in [0.05, 0.1) is 23.6 Å². The van der Waals surface area contributed by atoms with Crippen LogP contribution in [0.15, 0.2) is 36.8 Å². The van der Waals surface area contributed by atoms with Crippen LogP contribution in [-0.4, -0.2) is 33.3 Å². The number of aromatic nitrogens is 4. The topological polar surface area (TPSA) is 73.9 Å². The molecule has 27 heavy (non-hydrogen) atoms. The Bertz CT molecular complexity index is 1030. The van der Waals surface area contributed by atoms with E-state index in [1.165, 1.54) is 5.56 Å². The number of rotatable bonds is 3. The molecule has 7 heteroatoms. The minimum absolute atomic E-state index is 0.593. The van der Waals surface area contributed by atoms with Crippen molar-refractivity contribution in [2.75, 3.05) is 23.4 Å². The van der Waals surface area contributed by atoms with E-state index in [0.29, 0.717) is 5.56 Å². The maximum atomic E-state index is 9.05. The Morgan fingerprint density at radius 1 is 1.22 bits per heavy atom. The van der Waals surface area contributed by atoms with E-state index in [2.05, 4.69) is 32.0 Å². The first-order valence-corrected chi connectivity index (χ1v) is 8.88. The zero-order valence-electron chi connectivity index (χ0n) is 15.7. The molecule has 0 spiro atoms. The van der Waals surface area contributed by atoms with Gasteiger partial charge in [-0.05, 0) is 30.2 Å². The Kier molecular flexibility index (Phi) is 4.24. The number of aryl methyl sites for hydroxylation is 2. The van der Waals surface area contributed by atoms with Crippen molar-refractivity contribution in [1.29, 1.82) is 5.26 Å². The molecule has 3 aromatic heterocycles. The van der Waals surface area contributed by atoms with Gasteiger partial charge < -0.3 is 9.80 Å². The van der Waals surface area contributed by atoms with Crippen LogP contribution in [0, 0.1) is 18.3 Å². The minimum Gasteiger partial charge on any atom is -0.352 e. The monoisotopic (exact) mass is 359 g/mol. The highest BCUT2D eigenvalue weighted by molar-refractivity contribution is 5.60. The summed E-state index contributed by atoms with van der Waals surface area (Å²) in [5.41, 5.74) is 4.99. The summed E-state index contributed by atoms with van der Waals surface area (Å²) in [6, 6.07) is 8.22. The van der Waals surface area contributed by atoms with Crippen molar-refractivity contribution < 1.29 is 0 Å². The molecule has 7 nitrogen and oxygen atoms in total. The predicted molar refractivity (Wildman–Crippen MR) is 104 cm³/mol. The molecule has 0 aromatic carbocycles. The van der Waals surface area contributed by atoms with E-state index in [1.807, 2.05) is 44.0 Å². The van der Waals surface area contributed by atoms with Crippen molar-refractivity contribution in [2.45, 2.75) is 19.9 Å². The molecule has 4 heterocycles. The minimum atomic E-state index is 0.593. The summed E-state index contributed by atoms with van der Waals surface area (Å²) >= 11 is 0. The van der Waals surface area contributed by atoms with Gasteiger partial charge in [0, 0.05) is 51.6 Å². The van der Waals surface area contributed by atoms with Gasteiger partial charge in [0.2, 0.25) is 0 Å². The third-order valence-corrected chi connectivity index (χ3v) is 5.03. The summed E-state index contributed by atoms with van der Waals surface area (Å²) in [5.74, 6) is 1.94. The Balaban J connectivity index is 1.62. The second-order valence-electron chi connectivity index (χ2n) is 6.82. The predicted octanol–water partition coefficient (Wildman–Crippen LogP) is 2.72. The SMILES string of the molecule is Cc1cc(C#N)cnc1N1CCc2ncc(N(C)c3ccnn3C)cc2C1. The average Bonchev–Trinajstić information content (AvgIpc) is 3.12. The molecular weight excluding hydrogens is 338 g/mol. The van der Waals surface area contributed by atoms with E-state index in [1.54, 1.807) is 12.4 Å². The number of nitriles is 1. The Morgan fingerprint density at radius 2 is 2.07 bits per heavy atom. The van der Waals surface area contributed by atoms with Gasteiger partial charge in [0.1, 0.15) is 17.7 Å². The average molecular weight is 359 g/mol. The van der Waals surface area contributed by atoms with Crippen LogP contribution in [0.5, 0.6) is 0 Å².